The molecule has 0 unspecified atom stereocenters. The minimum atomic E-state index is -4.27. The van der Waals surface area contributed by atoms with Crippen molar-refractivity contribution in [3.8, 4) is 0 Å². The molecule has 4 nitrogen and oxygen atoms in total. The van der Waals surface area contributed by atoms with Crippen LogP contribution < -0.4 is 0 Å². The SMILES string of the molecule is O=C(CCC(F)(F)F)N(CCN1CCCCC1)C[C@H]1CCCN(C2CCCC2)C1. The number of amides is 1. The van der Waals surface area contributed by atoms with Crippen LogP contribution in [0.4, 0.5) is 13.2 Å². The van der Waals surface area contributed by atoms with Gasteiger partial charge >= 0.3 is 6.18 Å². The van der Waals surface area contributed by atoms with Crippen LogP contribution in [0, 0.1) is 5.92 Å². The van der Waals surface area contributed by atoms with E-state index in [0.717, 1.165) is 45.6 Å². The summed E-state index contributed by atoms with van der Waals surface area (Å²) in [4.78, 5) is 19.4. The molecule has 3 rings (SSSR count). The molecule has 1 saturated carbocycles. The lowest BCUT2D eigenvalue weighted by atomic mass is 9.95. The van der Waals surface area contributed by atoms with Gasteiger partial charge in [0.1, 0.15) is 0 Å². The van der Waals surface area contributed by atoms with E-state index >= 15 is 0 Å². The van der Waals surface area contributed by atoms with Crippen LogP contribution in [0.5, 0.6) is 0 Å². The first-order valence-electron chi connectivity index (χ1n) is 11.7. The zero-order valence-electron chi connectivity index (χ0n) is 17.8. The van der Waals surface area contributed by atoms with Crippen molar-refractivity contribution in [3.63, 3.8) is 0 Å². The van der Waals surface area contributed by atoms with Crippen LogP contribution in [0.15, 0.2) is 0 Å². The number of alkyl halides is 3. The Kier molecular flexibility index (Phi) is 8.66. The van der Waals surface area contributed by atoms with Gasteiger partial charge in [0.25, 0.3) is 0 Å². The first-order valence-corrected chi connectivity index (χ1v) is 11.7. The molecule has 3 aliphatic rings. The number of halogens is 3. The number of hydrogen-bond donors (Lipinski definition) is 0. The van der Waals surface area contributed by atoms with Gasteiger partial charge in [0.15, 0.2) is 0 Å². The largest absolute Gasteiger partial charge is 0.389 e. The lowest BCUT2D eigenvalue weighted by molar-refractivity contribution is -0.149. The number of nitrogens with zero attached hydrogens (tertiary/aromatic N) is 3. The molecule has 1 aliphatic carbocycles. The topological polar surface area (TPSA) is 26.8 Å². The minimum Gasteiger partial charge on any atom is -0.341 e. The molecule has 0 bridgehead atoms. The lowest BCUT2D eigenvalue weighted by Crippen LogP contribution is -2.47. The summed E-state index contributed by atoms with van der Waals surface area (Å²) >= 11 is 0. The van der Waals surface area contributed by atoms with Crippen LogP contribution in [0.25, 0.3) is 0 Å². The summed E-state index contributed by atoms with van der Waals surface area (Å²) in [6.07, 6.45) is 5.31. The van der Waals surface area contributed by atoms with Gasteiger partial charge in [0, 0.05) is 38.6 Å². The maximum Gasteiger partial charge on any atom is 0.389 e. The van der Waals surface area contributed by atoms with Crippen molar-refractivity contribution >= 4 is 5.91 Å². The van der Waals surface area contributed by atoms with E-state index in [1.54, 1.807) is 4.90 Å². The van der Waals surface area contributed by atoms with E-state index in [4.69, 9.17) is 0 Å². The number of likely N-dealkylation sites (tertiary alicyclic amines) is 2. The third-order valence-electron chi connectivity index (χ3n) is 6.98. The Morgan fingerprint density at radius 2 is 1.66 bits per heavy atom. The van der Waals surface area contributed by atoms with Gasteiger partial charge in [-0.1, -0.05) is 19.3 Å². The summed E-state index contributed by atoms with van der Waals surface area (Å²) in [5.41, 5.74) is 0. The Balaban J connectivity index is 1.54. The summed E-state index contributed by atoms with van der Waals surface area (Å²) < 4.78 is 38.0. The van der Waals surface area contributed by atoms with Crippen LogP contribution in [0.2, 0.25) is 0 Å². The lowest BCUT2D eigenvalue weighted by Gasteiger charge is -2.39. The molecule has 168 valence electrons. The van der Waals surface area contributed by atoms with Gasteiger partial charge in [-0.2, -0.15) is 13.2 Å². The third kappa shape index (κ3) is 7.74. The minimum absolute atomic E-state index is 0.322. The van der Waals surface area contributed by atoms with E-state index in [9.17, 15) is 18.0 Å². The second-order valence-corrected chi connectivity index (χ2v) is 9.30. The molecule has 3 fully saturated rings. The number of rotatable bonds is 8. The number of carbonyl (C=O) groups excluding carboxylic acids is 1. The number of hydrogen-bond acceptors (Lipinski definition) is 3. The molecule has 0 spiro atoms. The molecule has 0 aromatic rings. The quantitative estimate of drug-likeness (QED) is 0.589. The molecule has 0 N–H and O–H groups in total. The smallest absolute Gasteiger partial charge is 0.341 e. The molecule has 0 aromatic heterocycles. The molecular weight excluding hydrogens is 379 g/mol. The highest BCUT2D eigenvalue weighted by atomic mass is 19.4. The molecule has 0 radical (unpaired) electrons. The van der Waals surface area contributed by atoms with Crippen LogP contribution in [0.3, 0.4) is 0 Å². The van der Waals surface area contributed by atoms with E-state index in [2.05, 4.69) is 9.80 Å². The molecule has 7 heteroatoms. The van der Waals surface area contributed by atoms with Crippen molar-refractivity contribution in [2.75, 3.05) is 45.8 Å². The summed E-state index contributed by atoms with van der Waals surface area (Å²) in [6.45, 7) is 6.20. The van der Waals surface area contributed by atoms with Crippen molar-refractivity contribution in [1.29, 1.82) is 0 Å². The summed E-state index contributed by atoms with van der Waals surface area (Å²) in [7, 11) is 0. The van der Waals surface area contributed by atoms with Crippen LogP contribution in [0.1, 0.15) is 70.6 Å². The Hall–Kier alpha value is -0.820. The van der Waals surface area contributed by atoms with Crippen LogP contribution in [-0.4, -0.2) is 78.6 Å². The van der Waals surface area contributed by atoms with Gasteiger partial charge in [-0.15, -0.1) is 0 Å². The Labute approximate surface area is 173 Å². The van der Waals surface area contributed by atoms with Gasteiger partial charge in [-0.05, 0) is 64.1 Å². The molecule has 0 aromatic carbocycles. The van der Waals surface area contributed by atoms with Crippen molar-refractivity contribution in [2.45, 2.75) is 82.8 Å². The standard InChI is InChI=1S/C22H38F3N3O/c23-22(24,25)11-10-21(29)28(16-15-26-12-4-1-5-13-26)18-19-7-6-14-27(17-19)20-8-2-3-9-20/h19-20H,1-18H2/t19-/m0/s1. The van der Waals surface area contributed by atoms with Gasteiger partial charge in [-0.3, -0.25) is 4.79 Å². The number of carbonyl (C=O) groups is 1. The maximum absolute atomic E-state index is 12.7. The van der Waals surface area contributed by atoms with Crippen molar-refractivity contribution < 1.29 is 18.0 Å². The predicted octanol–water partition coefficient (Wildman–Crippen LogP) is 4.30. The molecule has 29 heavy (non-hydrogen) atoms. The number of piperidine rings is 2. The molecule has 2 aliphatic heterocycles. The summed E-state index contributed by atoms with van der Waals surface area (Å²) in [6, 6.07) is 0.681. The maximum atomic E-state index is 12.7. The van der Waals surface area contributed by atoms with E-state index in [1.165, 1.54) is 44.9 Å². The van der Waals surface area contributed by atoms with Gasteiger partial charge in [0.2, 0.25) is 5.91 Å². The Morgan fingerprint density at radius 3 is 2.34 bits per heavy atom. The Bertz CT molecular complexity index is 502. The fraction of sp³-hybridized carbons (Fsp3) is 0.955. The highest BCUT2D eigenvalue weighted by Crippen LogP contribution is 2.29. The summed E-state index contributed by atoms with van der Waals surface area (Å²) in [5.74, 6) is 0.0675. The Morgan fingerprint density at radius 1 is 0.931 bits per heavy atom. The van der Waals surface area contributed by atoms with E-state index in [-0.39, 0.29) is 5.91 Å². The first kappa shape index (κ1) is 22.9. The zero-order chi connectivity index (χ0) is 20.7. The van der Waals surface area contributed by atoms with Crippen molar-refractivity contribution in [2.24, 2.45) is 5.92 Å². The molecule has 2 saturated heterocycles. The van der Waals surface area contributed by atoms with E-state index < -0.39 is 19.0 Å². The monoisotopic (exact) mass is 417 g/mol. The average molecular weight is 418 g/mol. The molecule has 1 amide bonds. The normalized spacial score (nSPS) is 25.4. The van der Waals surface area contributed by atoms with Gasteiger partial charge in [-0.25, -0.2) is 0 Å². The van der Waals surface area contributed by atoms with E-state index in [1.807, 2.05) is 0 Å². The third-order valence-corrected chi connectivity index (χ3v) is 6.98. The fourth-order valence-corrected chi connectivity index (χ4v) is 5.33. The van der Waals surface area contributed by atoms with Crippen LogP contribution >= 0.6 is 0 Å². The second kappa shape index (κ2) is 11.0. The fourth-order valence-electron chi connectivity index (χ4n) is 5.33. The predicted molar refractivity (Wildman–Crippen MR) is 109 cm³/mol. The summed E-state index contributed by atoms with van der Waals surface area (Å²) in [5, 5.41) is 0. The van der Waals surface area contributed by atoms with Gasteiger partial charge < -0.3 is 14.7 Å². The van der Waals surface area contributed by atoms with Crippen molar-refractivity contribution in [1.82, 2.24) is 14.7 Å². The van der Waals surface area contributed by atoms with Crippen LogP contribution in [-0.2, 0) is 4.79 Å². The van der Waals surface area contributed by atoms with Gasteiger partial charge in [0.05, 0.1) is 6.42 Å². The second-order valence-electron chi connectivity index (χ2n) is 9.30. The molecular formula is C22H38F3N3O. The van der Waals surface area contributed by atoms with E-state index in [0.29, 0.717) is 25.0 Å². The van der Waals surface area contributed by atoms with Crippen molar-refractivity contribution in [3.05, 3.63) is 0 Å². The highest BCUT2D eigenvalue weighted by Gasteiger charge is 2.32. The molecule has 2 heterocycles. The first-order chi connectivity index (χ1) is 13.9. The highest BCUT2D eigenvalue weighted by molar-refractivity contribution is 5.76. The molecule has 1 atom stereocenters. The zero-order valence-corrected chi connectivity index (χ0v) is 17.8. The average Bonchev–Trinajstić information content (AvgIpc) is 3.25.